The van der Waals surface area contributed by atoms with E-state index in [1.165, 1.54) is 17.1 Å². The van der Waals surface area contributed by atoms with Gasteiger partial charge in [0.2, 0.25) is 0 Å². The SMILES string of the molecule is CCN(NCCO)C(=O)c1ccc(N)c(O)c1. The van der Waals surface area contributed by atoms with Crippen molar-refractivity contribution in [2.24, 2.45) is 0 Å². The molecule has 94 valence electrons. The number of hydrogen-bond acceptors (Lipinski definition) is 5. The van der Waals surface area contributed by atoms with E-state index < -0.39 is 0 Å². The quantitative estimate of drug-likeness (QED) is 0.327. The monoisotopic (exact) mass is 239 g/mol. The van der Waals surface area contributed by atoms with Crippen LogP contribution in [0.1, 0.15) is 17.3 Å². The van der Waals surface area contributed by atoms with Gasteiger partial charge in [0.25, 0.3) is 5.91 Å². The van der Waals surface area contributed by atoms with E-state index in [4.69, 9.17) is 10.8 Å². The van der Waals surface area contributed by atoms with Gasteiger partial charge in [0.05, 0.1) is 12.3 Å². The number of nitrogens with two attached hydrogens (primary N) is 1. The Kier molecular flexibility index (Phi) is 4.74. The predicted molar refractivity (Wildman–Crippen MR) is 64.3 cm³/mol. The first-order valence-corrected chi connectivity index (χ1v) is 5.34. The number of aliphatic hydroxyl groups is 1. The molecule has 6 heteroatoms. The third-order valence-corrected chi connectivity index (χ3v) is 2.25. The van der Waals surface area contributed by atoms with Crippen LogP contribution in [0.3, 0.4) is 0 Å². The van der Waals surface area contributed by atoms with Gasteiger partial charge in [-0.15, -0.1) is 0 Å². The van der Waals surface area contributed by atoms with E-state index in [0.717, 1.165) is 0 Å². The van der Waals surface area contributed by atoms with Crippen molar-refractivity contribution in [2.75, 3.05) is 25.4 Å². The van der Waals surface area contributed by atoms with Crippen molar-refractivity contribution in [3.8, 4) is 5.75 Å². The molecule has 17 heavy (non-hydrogen) atoms. The molecule has 0 aliphatic heterocycles. The molecule has 0 saturated heterocycles. The van der Waals surface area contributed by atoms with Gasteiger partial charge in [-0.3, -0.25) is 9.80 Å². The molecule has 1 amide bonds. The number of rotatable bonds is 5. The van der Waals surface area contributed by atoms with Crippen LogP contribution in [0.4, 0.5) is 5.69 Å². The summed E-state index contributed by atoms with van der Waals surface area (Å²) in [4.78, 5) is 12.0. The van der Waals surface area contributed by atoms with E-state index in [1.807, 2.05) is 0 Å². The van der Waals surface area contributed by atoms with E-state index in [0.29, 0.717) is 18.7 Å². The van der Waals surface area contributed by atoms with Crippen LogP contribution >= 0.6 is 0 Å². The molecular weight excluding hydrogens is 222 g/mol. The number of amides is 1. The van der Waals surface area contributed by atoms with Crippen LogP contribution in [0.5, 0.6) is 5.75 Å². The van der Waals surface area contributed by atoms with Crippen LogP contribution in [-0.2, 0) is 0 Å². The first-order valence-electron chi connectivity index (χ1n) is 5.34. The average Bonchev–Trinajstić information content (AvgIpc) is 2.33. The van der Waals surface area contributed by atoms with Gasteiger partial charge in [0.15, 0.2) is 0 Å². The van der Waals surface area contributed by atoms with E-state index >= 15 is 0 Å². The van der Waals surface area contributed by atoms with Crippen molar-refractivity contribution < 1.29 is 15.0 Å². The number of nitrogen functional groups attached to an aromatic ring is 1. The number of anilines is 1. The summed E-state index contributed by atoms with van der Waals surface area (Å²) in [7, 11) is 0. The van der Waals surface area contributed by atoms with Crippen molar-refractivity contribution >= 4 is 11.6 Å². The molecule has 0 atom stereocenters. The Balaban J connectivity index is 2.82. The number of benzene rings is 1. The first kappa shape index (κ1) is 13.3. The van der Waals surface area contributed by atoms with Crippen molar-refractivity contribution in [3.63, 3.8) is 0 Å². The zero-order valence-electron chi connectivity index (χ0n) is 9.68. The van der Waals surface area contributed by atoms with Gasteiger partial charge in [0.1, 0.15) is 5.75 Å². The standard InChI is InChI=1S/C11H17N3O3/c1-2-14(13-5-6-15)11(17)8-3-4-9(12)10(16)7-8/h3-4,7,13,15-16H,2,5-6,12H2,1H3. The molecule has 0 aliphatic carbocycles. The highest BCUT2D eigenvalue weighted by Crippen LogP contribution is 2.21. The summed E-state index contributed by atoms with van der Waals surface area (Å²) in [5.41, 5.74) is 8.79. The minimum atomic E-state index is -0.281. The summed E-state index contributed by atoms with van der Waals surface area (Å²) >= 11 is 0. The molecule has 5 N–H and O–H groups in total. The van der Waals surface area contributed by atoms with Gasteiger partial charge < -0.3 is 15.9 Å². The highest BCUT2D eigenvalue weighted by Gasteiger charge is 2.14. The molecule has 0 fully saturated rings. The Bertz CT molecular complexity index is 396. The van der Waals surface area contributed by atoms with Crippen LogP contribution in [-0.4, -0.2) is 40.8 Å². The predicted octanol–water partition coefficient (Wildman–Crippen LogP) is -0.0666. The Morgan fingerprint density at radius 1 is 1.53 bits per heavy atom. The van der Waals surface area contributed by atoms with Crippen molar-refractivity contribution in [2.45, 2.75) is 6.92 Å². The second kappa shape index (κ2) is 6.07. The summed E-state index contributed by atoms with van der Waals surface area (Å²) in [5, 5.41) is 19.5. The Morgan fingerprint density at radius 2 is 2.24 bits per heavy atom. The number of hydrazine groups is 1. The van der Waals surface area contributed by atoms with E-state index in [2.05, 4.69) is 5.43 Å². The number of carbonyl (C=O) groups excluding carboxylic acids is 1. The van der Waals surface area contributed by atoms with E-state index in [9.17, 15) is 9.90 Å². The zero-order valence-corrected chi connectivity index (χ0v) is 9.68. The molecular formula is C11H17N3O3. The second-order valence-electron chi connectivity index (χ2n) is 3.45. The molecule has 0 spiro atoms. The molecule has 0 aromatic heterocycles. The lowest BCUT2D eigenvalue weighted by Gasteiger charge is -2.21. The van der Waals surface area contributed by atoms with Gasteiger partial charge >= 0.3 is 0 Å². The maximum Gasteiger partial charge on any atom is 0.268 e. The summed E-state index contributed by atoms with van der Waals surface area (Å²) in [6.07, 6.45) is 0. The summed E-state index contributed by atoms with van der Waals surface area (Å²) in [5.74, 6) is -0.398. The molecule has 0 heterocycles. The molecule has 1 aromatic rings. The minimum Gasteiger partial charge on any atom is -0.506 e. The molecule has 0 aliphatic rings. The van der Waals surface area contributed by atoms with Gasteiger partial charge in [-0.25, -0.2) is 5.43 Å². The van der Waals surface area contributed by atoms with Crippen molar-refractivity contribution in [1.82, 2.24) is 10.4 Å². The lowest BCUT2D eigenvalue weighted by atomic mass is 10.2. The Morgan fingerprint density at radius 3 is 2.76 bits per heavy atom. The normalized spacial score (nSPS) is 10.2. The maximum absolute atomic E-state index is 12.0. The number of carbonyl (C=O) groups is 1. The highest BCUT2D eigenvalue weighted by atomic mass is 16.3. The van der Waals surface area contributed by atoms with Crippen LogP contribution in [0, 0.1) is 0 Å². The van der Waals surface area contributed by atoms with Crippen LogP contribution < -0.4 is 11.2 Å². The first-order chi connectivity index (χ1) is 8.10. The minimum absolute atomic E-state index is 0.0588. The number of nitrogens with one attached hydrogen (secondary N) is 1. The molecule has 1 aromatic carbocycles. The van der Waals surface area contributed by atoms with Crippen LogP contribution in [0.15, 0.2) is 18.2 Å². The third kappa shape index (κ3) is 3.33. The molecule has 0 bridgehead atoms. The van der Waals surface area contributed by atoms with Gasteiger partial charge in [-0.1, -0.05) is 0 Å². The number of aromatic hydroxyl groups is 1. The fraction of sp³-hybridized carbons (Fsp3) is 0.364. The van der Waals surface area contributed by atoms with Gasteiger partial charge in [-0.05, 0) is 25.1 Å². The fourth-order valence-electron chi connectivity index (χ4n) is 1.34. The van der Waals surface area contributed by atoms with Crippen molar-refractivity contribution in [1.29, 1.82) is 0 Å². The Hall–Kier alpha value is -1.79. The number of hydrogen-bond donors (Lipinski definition) is 4. The maximum atomic E-state index is 12.0. The zero-order chi connectivity index (χ0) is 12.8. The summed E-state index contributed by atoms with van der Waals surface area (Å²) in [6.45, 7) is 2.49. The summed E-state index contributed by atoms with van der Waals surface area (Å²) in [6, 6.07) is 4.34. The summed E-state index contributed by atoms with van der Waals surface area (Å²) < 4.78 is 0. The highest BCUT2D eigenvalue weighted by molar-refractivity contribution is 5.94. The number of phenolic OH excluding ortho intramolecular Hbond substituents is 1. The number of nitrogens with zero attached hydrogens (tertiary/aromatic N) is 1. The topological polar surface area (TPSA) is 98.8 Å². The molecule has 0 radical (unpaired) electrons. The van der Waals surface area contributed by atoms with Gasteiger partial charge in [-0.2, -0.15) is 0 Å². The lowest BCUT2D eigenvalue weighted by Crippen LogP contribution is -2.43. The lowest BCUT2D eigenvalue weighted by molar-refractivity contribution is 0.0656. The smallest absolute Gasteiger partial charge is 0.268 e. The second-order valence-corrected chi connectivity index (χ2v) is 3.45. The molecule has 6 nitrogen and oxygen atoms in total. The molecule has 0 unspecified atom stereocenters. The van der Waals surface area contributed by atoms with E-state index in [-0.39, 0.29) is 24.0 Å². The third-order valence-electron chi connectivity index (χ3n) is 2.25. The number of aliphatic hydroxyl groups excluding tert-OH is 1. The van der Waals surface area contributed by atoms with Crippen molar-refractivity contribution in [3.05, 3.63) is 23.8 Å². The van der Waals surface area contributed by atoms with Crippen LogP contribution in [0.25, 0.3) is 0 Å². The largest absolute Gasteiger partial charge is 0.506 e. The van der Waals surface area contributed by atoms with E-state index in [1.54, 1.807) is 13.0 Å². The molecule has 1 rings (SSSR count). The Labute approximate surface area is 99.6 Å². The fourth-order valence-corrected chi connectivity index (χ4v) is 1.34. The van der Waals surface area contributed by atoms with Crippen LogP contribution in [0.2, 0.25) is 0 Å². The average molecular weight is 239 g/mol. The molecule has 0 saturated carbocycles. The number of phenols is 1. The van der Waals surface area contributed by atoms with Gasteiger partial charge in [0, 0.05) is 18.7 Å².